The first-order valence-electron chi connectivity index (χ1n) is 18.4. The van der Waals surface area contributed by atoms with Gasteiger partial charge in [-0.15, -0.1) is 0 Å². The van der Waals surface area contributed by atoms with Gasteiger partial charge in [0.1, 0.15) is 16.2 Å². The molecule has 0 aliphatic heterocycles. The number of unbranched alkanes of at least 4 members (excludes halogenated alkanes) is 1. The predicted octanol–water partition coefficient (Wildman–Crippen LogP) is 7.49. The molecule has 2 aromatic carbocycles. The van der Waals surface area contributed by atoms with Gasteiger partial charge in [-0.1, -0.05) is 66.9 Å². The molecule has 6 rings (SSSR count). The van der Waals surface area contributed by atoms with Crippen molar-refractivity contribution in [1.82, 2.24) is 30.6 Å². The van der Waals surface area contributed by atoms with Crippen molar-refractivity contribution in [2.45, 2.75) is 50.8 Å². The first-order chi connectivity index (χ1) is 27.5. The van der Waals surface area contributed by atoms with Crippen LogP contribution in [0.4, 0.5) is 11.4 Å². The topological polar surface area (TPSA) is 200 Å². The Hall–Kier alpha value is -5.48. The summed E-state index contributed by atoms with van der Waals surface area (Å²) >= 11 is 11.9. The van der Waals surface area contributed by atoms with Gasteiger partial charge >= 0.3 is 0 Å². The highest BCUT2D eigenvalue weighted by atomic mass is 35.5. The van der Waals surface area contributed by atoms with Crippen molar-refractivity contribution in [1.29, 1.82) is 0 Å². The van der Waals surface area contributed by atoms with Crippen molar-refractivity contribution < 1.29 is 27.5 Å². The molecule has 0 fully saturated rings. The molecule has 0 aliphatic rings. The van der Waals surface area contributed by atoms with Crippen LogP contribution in [0.5, 0.6) is 0 Å². The SMILES string of the molecule is CCCCC(=O)Nc1cnc2[nH]cc(C(=O)NCCCOCC)c2c1.O=C(NCCc1ccccc1)c1c[nH]c2ncc(NS(=O)(=O)c3cc(Cl)ccc3Cl)cc12. The normalized spacial score (nSPS) is 11.2. The molecule has 3 amide bonds. The molecular weight excluding hydrogens is 791 g/mol. The van der Waals surface area contributed by atoms with Crippen LogP contribution in [0.3, 0.4) is 0 Å². The van der Waals surface area contributed by atoms with Crippen molar-refractivity contribution in [2.75, 3.05) is 36.3 Å². The molecular formula is C40H44Cl2N8O6S. The van der Waals surface area contributed by atoms with Crippen LogP contribution in [-0.2, 0) is 26.0 Å². The first-order valence-corrected chi connectivity index (χ1v) is 20.6. The lowest BCUT2D eigenvalue weighted by Gasteiger charge is -2.10. The lowest BCUT2D eigenvalue weighted by molar-refractivity contribution is -0.116. The van der Waals surface area contributed by atoms with Crippen LogP contribution in [0.2, 0.25) is 10.0 Å². The monoisotopic (exact) mass is 834 g/mol. The Morgan fingerprint density at radius 3 is 2.07 bits per heavy atom. The number of anilines is 2. The molecule has 0 saturated carbocycles. The number of ether oxygens (including phenoxy) is 1. The van der Waals surface area contributed by atoms with E-state index in [4.69, 9.17) is 27.9 Å². The molecule has 57 heavy (non-hydrogen) atoms. The number of hydrogen-bond acceptors (Lipinski definition) is 8. The number of sulfonamides is 1. The zero-order valence-corrected chi connectivity index (χ0v) is 33.8. The Morgan fingerprint density at radius 2 is 1.42 bits per heavy atom. The van der Waals surface area contributed by atoms with Crippen LogP contribution in [-0.4, -0.2) is 72.4 Å². The van der Waals surface area contributed by atoms with Gasteiger partial charge in [-0.3, -0.25) is 19.1 Å². The van der Waals surface area contributed by atoms with E-state index in [2.05, 4.69) is 40.6 Å². The minimum Gasteiger partial charge on any atom is -0.382 e. The summed E-state index contributed by atoms with van der Waals surface area (Å²) in [6.45, 7) is 6.29. The summed E-state index contributed by atoms with van der Waals surface area (Å²) in [4.78, 5) is 51.1. The molecule has 0 aliphatic carbocycles. The van der Waals surface area contributed by atoms with Crippen molar-refractivity contribution in [2.24, 2.45) is 0 Å². The number of nitrogens with zero attached hydrogens (tertiary/aromatic N) is 2. The van der Waals surface area contributed by atoms with Crippen LogP contribution in [0, 0.1) is 0 Å². The number of fused-ring (bicyclic) bond motifs is 2. The van der Waals surface area contributed by atoms with E-state index in [0.29, 0.717) is 78.0 Å². The second-order valence-corrected chi connectivity index (χ2v) is 15.3. The van der Waals surface area contributed by atoms with Crippen LogP contribution < -0.4 is 20.7 Å². The molecule has 0 bridgehead atoms. The van der Waals surface area contributed by atoms with E-state index in [-0.39, 0.29) is 38.3 Å². The number of nitrogens with one attached hydrogen (secondary N) is 6. The lowest BCUT2D eigenvalue weighted by Crippen LogP contribution is -2.25. The number of aromatic nitrogens is 4. The van der Waals surface area contributed by atoms with Crippen LogP contribution in [0.15, 0.2) is 90.3 Å². The third kappa shape index (κ3) is 12.0. The van der Waals surface area contributed by atoms with Crippen molar-refractivity contribution in [3.05, 3.63) is 112 Å². The maximum atomic E-state index is 12.8. The van der Waals surface area contributed by atoms with Gasteiger partial charge in [0.2, 0.25) is 5.91 Å². The van der Waals surface area contributed by atoms with Crippen molar-refractivity contribution >= 4 is 84.4 Å². The molecule has 0 atom stereocenters. The van der Waals surface area contributed by atoms with Gasteiger partial charge in [0, 0.05) is 60.9 Å². The maximum absolute atomic E-state index is 12.8. The van der Waals surface area contributed by atoms with E-state index in [1.54, 1.807) is 30.7 Å². The Kier molecular flexibility index (Phi) is 15.4. The van der Waals surface area contributed by atoms with E-state index in [0.717, 1.165) is 24.8 Å². The molecule has 6 aromatic rings. The summed E-state index contributed by atoms with van der Waals surface area (Å²) in [5.74, 6) is -0.494. The predicted molar refractivity (Wildman–Crippen MR) is 224 cm³/mol. The van der Waals surface area contributed by atoms with Crippen molar-refractivity contribution in [3.63, 3.8) is 0 Å². The highest BCUT2D eigenvalue weighted by Crippen LogP contribution is 2.28. The standard InChI is InChI=1S/C22H18Cl2N4O3S.C18H26N4O3/c23-15-6-7-19(24)20(10-15)32(30,31)28-16-11-17-18(13-27-21(17)26-12-16)22(29)25-9-8-14-4-2-1-3-5-14;1-3-5-7-16(23)22-13-10-14-15(12-21-17(14)20-11-13)18(24)19-8-6-9-25-4-2/h1-7,10-13,28H,8-9H2,(H,25,29)(H,26,27);10-12H,3-9H2,1-2H3,(H,19,24)(H,20,21)(H,22,23). The van der Waals surface area contributed by atoms with Crippen LogP contribution >= 0.6 is 23.2 Å². The summed E-state index contributed by atoms with van der Waals surface area (Å²) in [6, 6.07) is 17.3. The Balaban J connectivity index is 0.000000225. The zero-order valence-electron chi connectivity index (χ0n) is 31.5. The number of rotatable bonds is 17. The highest BCUT2D eigenvalue weighted by Gasteiger charge is 2.20. The number of halogens is 2. The molecule has 14 nitrogen and oxygen atoms in total. The zero-order chi connectivity index (χ0) is 40.8. The van der Waals surface area contributed by atoms with Gasteiger partial charge in [-0.25, -0.2) is 18.4 Å². The van der Waals surface area contributed by atoms with Gasteiger partial charge in [-0.05, 0) is 62.1 Å². The summed E-state index contributed by atoms with van der Waals surface area (Å²) in [5.41, 5.74) is 3.86. The lowest BCUT2D eigenvalue weighted by atomic mass is 10.1. The van der Waals surface area contributed by atoms with Crippen LogP contribution in [0.1, 0.15) is 65.8 Å². The Morgan fingerprint density at radius 1 is 0.789 bits per heavy atom. The number of aromatic amines is 2. The van der Waals surface area contributed by atoms with E-state index in [9.17, 15) is 22.8 Å². The minimum atomic E-state index is -4.01. The van der Waals surface area contributed by atoms with Gasteiger partial charge in [0.25, 0.3) is 21.8 Å². The molecule has 6 N–H and O–H groups in total. The molecule has 4 heterocycles. The number of carbonyl (C=O) groups is 3. The van der Waals surface area contributed by atoms with Gasteiger partial charge in [0.05, 0.1) is 39.9 Å². The number of carbonyl (C=O) groups excluding carboxylic acids is 3. The fraction of sp³-hybridized carbons (Fsp3) is 0.275. The number of hydrogen-bond donors (Lipinski definition) is 6. The Labute approximate surface area is 340 Å². The summed E-state index contributed by atoms with van der Waals surface area (Å²) in [7, 11) is -4.01. The average Bonchev–Trinajstić information content (AvgIpc) is 3.82. The molecule has 0 spiro atoms. The third-order valence-corrected chi connectivity index (χ3v) is 10.6. The smallest absolute Gasteiger partial charge is 0.263 e. The van der Waals surface area contributed by atoms with E-state index < -0.39 is 10.0 Å². The molecule has 0 unspecified atom stereocenters. The first kappa shape index (κ1) is 42.7. The number of benzene rings is 2. The molecule has 4 aromatic heterocycles. The van der Waals surface area contributed by atoms with E-state index in [1.165, 1.54) is 24.4 Å². The summed E-state index contributed by atoms with van der Waals surface area (Å²) in [5, 5.41) is 10.0. The van der Waals surface area contributed by atoms with Gasteiger partial charge < -0.3 is 30.7 Å². The van der Waals surface area contributed by atoms with Gasteiger partial charge in [0.15, 0.2) is 0 Å². The number of H-pyrrole nitrogens is 2. The third-order valence-electron chi connectivity index (χ3n) is 8.52. The molecule has 17 heteroatoms. The molecule has 0 saturated heterocycles. The second kappa shape index (κ2) is 20.6. The average molecular weight is 836 g/mol. The fourth-order valence-electron chi connectivity index (χ4n) is 5.64. The summed E-state index contributed by atoms with van der Waals surface area (Å²) < 4.78 is 33.2. The second-order valence-electron chi connectivity index (χ2n) is 12.8. The fourth-order valence-corrected chi connectivity index (χ4v) is 7.43. The largest absolute Gasteiger partial charge is 0.382 e. The highest BCUT2D eigenvalue weighted by molar-refractivity contribution is 7.92. The quantitative estimate of drug-likeness (QED) is 0.0508. The molecule has 300 valence electrons. The maximum Gasteiger partial charge on any atom is 0.263 e. The van der Waals surface area contributed by atoms with E-state index >= 15 is 0 Å². The van der Waals surface area contributed by atoms with Gasteiger partial charge in [-0.2, -0.15) is 0 Å². The number of amides is 3. The summed E-state index contributed by atoms with van der Waals surface area (Å²) in [6.07, 6.45) is 9.88. The van der Waals surface area contributed by atoms with Crippen LogP contribution in [0.25, 0.3) is 22.1 Å². The van der Waals surface area contributed by atoms with Crippen molar-refractivity contribution in [3.8, 4) is 0 Å². The Bertz CT molecular complexity index is 2420. The van der Waals surface area contributed by atoms with E-state index in [1.807, 2.05) is 44.2 Å². The molecule has 0 radical (unpaired) electrons. The minimum absolute atomic E-state index is 0.0380. The number of pyridine rings is 2.